The molecule has 4 N–H and O–H groups in total. The quantitative estimate of drug-likeness (QED) is 0.302. The molecule has 1 fully saturated rings. The number of nitrogens with one attached hydrogen (secondary N) is 4. The summed E-state index contributed by atoms with van der Waals surface area (Å²) >= 11 is 0. The van der Waals surface area contributed by atoms with Gasteiger partial charge in [-0.15, -0.1) is 0 Å². The molecule has 0 radical (unpaired) electrons. The van der Waals surface area contributed by atoms with Gasteiger partial charge >= 0.3 is 0 Å². The summed E-state index contributed by atoms with van der Waals surface area (Å²) in [5.41, 5.74) is 2.97. The number of rotatable bonds is 10. The van der Waals surface area contributed by atoms with Crippen LogP contribution < -0.4 is 21.3 Å². The van der Waals surface area contributed by atoms with Gasteiger partial charge in [-0.1, -0.05) is 19.6 Å². The predicted octanol–water partition coefficient (Wildman–Crippen LogP) is 5.12. The largest absolute Gasteiger partial charge is 0.381 e. The Morgan fingerprint density at radius 2 is 1.91 bits per heavy atom. The van der Waals surface area contributed by atoms with Crippen molar-refractivity contribution < 1.29 is 9.18 Å². The van der Waals surface area contributed by atoms with Crippen LogP contribution in [0.2, 0.25) is 0 Å². The molecule has 1 saturated heterocycles. The maximum Gasteiger partial charge on any atom is 0.247 e. The van der Waals surface area contributed by atoms with Crippen molar-refractivity contribution in [1.82, 2.24) is 14.9 Å². The molecule has 3 aromatic rings. The van der Waals surface area contributed by atoms with Crippen molar-refractivity contribution in [2.24, 2.45) is 0 Å². The third kappa shape index (κ3) is 6.77. The fraction of sp³-hybridized carbons (Fsp3) is 0.269. The first-order chi connectivity index (χ1) is 17.0. The Morgan fingerprint density at radius 1 is 1.14 bits per heavy atom. The summed E-state index contributed by atoms with van der Waals surface area (Å²) in [6.45, 7) is 8.99. The van der Waals surface area contributed by atoms with E-state index >= 15 is 0 Å². The van der Waals surface area contributed by atoms with Crippen LogP contribution in [-0.4, -0.2) is 46.5 Å². The van der Waals surface area contributed by atoms with E-state index in [0.29, 0.717) is 17.4 Å². The number of hydrogen-bond acceptors (Lipinski definition) is 7. The average Bonchev–Trinajstić information content (AvgIpc) is 3.29. The van der Waals surface area contributed by atoms with Crippen molar-refractivity contribution in [2.45, 2.75) is 25.8 Å². The molecule has 2 aromatic carbocycles. The van der Waals surface area contributed by atoms with Gasteiger partial charge in [0.25, 0.3) is 0 Å². The molecule has 1 amide bonds. The molecule has 1 unspecified atom stereocenters. The molecule has 1 aromatic heterocycles. The molecular formula is C26H30FN7O. The van der Waals surface area contributed by atoms with Crippen LogP contribution in [0.15, 0.2) is 67.4 Å². The van der Waals surface area contributed by atoms with E-state index < -0.39 is 5.82 Å². The number of nitrogens with zero attached hydrogens (tertiary/aromatic N) is 3. The van der Waals surface area contributed by atoms with E-state index in [1.54, 1.807) is 24.3 Å². The topological polar surface area (TPSA) is 94.2 Å². The van der Waals surface area contributed by atoms with E-state index in [4.69, 9.17) is 0 Å². The summed E-state index contributed by atoms with van der Waals surface area (Å²) in [7, 11) is 0. The summed E-state index contributed by atoms with van der Waals surface area (Å²) in [4.78, 5) is 22.3. The number of benzene rings is 2. The van der Waals surface area contributed by atoms with Crippen molar-refractivity contribution in [1.29, 1.82) is 0 Å². The Bertz CT molecular complexity index is 1170. The zero-order valence-corrected chi connectivity index (χ0v) is 19.7. The Kier molecular flexibility index (Phi) is 7.89. The van der Waals surface area contributed by atoms with E-state index in [1.807, 2.05) is 24.3 Å². The second kappa shape index (κ2) is 11.4. The van der Waals surface area contributed by atoms with Crippen LogP contribution in [-0.2, 0) is 4.79 Å². The lowest BCUT2D eigenvalue weighted by Crippen LogP contribution is -2.26. The van der Waals surface area contributed by atoms with Crippen LogP contribution in [0, 0.1) is 5.82 Å². The van der Waals surface area contributed by atoms with Gasteiger partial charge in [-0.2, -0.15) is 4.98 Å². The molecular weight excluding hydrogens is 445 g/mol. The smallest absolute Gasteiger partial charge is 0.247 e. The van der Waals surface area contributed by atoms with Crippen molar-refractivity contribution in [3.63, 3.8) is 0 Å². The van der Waals surface area contributed by atoms with Crippen LogP contribution >= 0.6 is 0 Å². The molecule has 35 heavy (non-hydrogen) atoms. The molecule has 0 bridgehead atoms. The van der Waals surface area contributed by atoms with Crippen LogP contribution in [0.1, 0.15) is 19.8 Å². The van der Waals surface area contributed by atoms with Crippen molar-refractivity contribution >= 4 is 40.4 Å². The highest BCUT2D eigenvalue weighted by Gasteiger charge is 2.21. The summed E-state index contributed by atoms with van der Waals surface area (Å²) in [6.07, 6.45) is 4.61. The minimum Gasteiger partial charge on any atom is -0.381 e. The van der Waals surface area contributed by atoms with Gasteiger partial charge in [0, 0.05) is 41.9 Å². The van der Waals surface area contributed by atoms with Gasteiger partial charge in [0.1, 0.15) is 0 Å². The Balaban J connectivity index is 1.38. The number of halogens is 1. The fourth-order valence-electron chi connectivity index (χ4n) is 4.00. The van der Waals surface area contributed by atoms with Crippen LogP contribution in [0.25, 0.3) is 0 Å². The highest BCUT2D eigenvalue weighted by Crippen LogP contribution is 2.24. The molecule has 1 aliphatic heterocycles. The molecule has 8 nitrogen and oxygen atoms in total. The highest BCUT2D eigenvalue weighted by atomic mass is 19.1. The summed E-state index contributed by atoms with van der Waals surface area (Å²) in [6, 6.07) is 15.2. The fourth-order valence-corrected chi connectivity index (χ4v) is 4.00. The average molecular weight is 476 g/mol. The molecule has 2 heterocycles. The van der Waals surface area contributed by atoms with Gasteiger partial charge in [-0.3, -0.25) is 4.79 Å². The minimum atomic E-state index is -0.593. The predicted molar refractivity (Wildman–Crippen MR) is 139 cm³/mol. The molecule has 1 atom stereocenters. The molecule has 0 saturated carbocycles. The maximum absolute atomic E-state index is 14.4. The first kappa shape index (κ1) is 24.2. The van der Waals surface area contributed by atoms with Crippen molar-refractivity contribution in [3.05, 3.63) is 73.2 Å². The second-order valence-electron chi connectivity index (χ2n) is 8.42. The zero-order valence-electron chi connectivity index (χ0n) is 19.7. The van der Waals surface area contributed by atoms with Crippen LogP contribution in [0.3, 0.4) is 0 Å². The summed E-state index contributed by atoms with van der Waals surface area (Å²) in [5.74, 6) is -0.642. The van der Waals surface area contributed by atoms with E-state index in [9.17, 15) is 9.18 Å². The monoisotopic (exact) mass is 475 g/mol. The van der Waals surface area contributed by atoms with Crippen molar-refractivity contribution in [3.8, 4) is 0 Å². The zero-order chi connectivity index (χ0) is 24.6. The minimum absolute atomic E-state index is 0.0193. The van der Waals surface area contributed by atoms with E-state index in [0.717, 1.165) is 43.6 Å². The Hall–Kier alpha value is -3.98. The normalized spacial score (nSPS) is 15.4. The van der Waals surface area contributed by atoms with E-state index in [-0.39, 0.29) is 17.7 Å². The molecule has 0 aliphatic carbocycles. The number of amides is 1. The van der Waals surface area contributed by atoms with E-state index in [2.05, 4.69) is 49.6 Å². The van der Waals surface area contributed by atoms with Gasteiger partial charge in [0.05, 0.1) is 6.20 Å². The lowest BCUT2D eigenvalue weighted by molar-refractivity contribution is -0.111. The number of anilines is 6. The number of carbonyl (C=O) groups is 1. The maximum atomic E-state index is 14.4. The van der Waals surface area contributed by atoms with Crippen LogP contribution in [0.4, 0.5) is 38.9 Å². The number of hydrogen-bond donors (Lipinski definition) is 4. The highest BCUT2D eigenvalue weighted by molar-refractivity contribution is 5.99. The third-order valence-corrected chi connectivity index (χ3v) is 5.65. The summed E-state index contributed by atoms with van der Waals surface area (Å²) in [5, 5.41) is 12.3. The number of aromatic nitrogens is 2. The molecule has 9 heteroatoms. The van der Waals surface area contributed by atoms with Gasteiger partial charge in [0.15, 0.2) is 11.6 Å². The molecule has 1 aliphatic rings. The molecule has 0 spiro atoms. The van der Waals surface area contributed by atoms with Gasteiger partial charge in [0.2, 0.25) is 11.9 Å². The lowest BCUT2D eigenvalue weighted by Gasteiger charge is -2.17. The standard InChI is InChI=1S/C26H30FN7O/c1-3-13-34-14-12-22(17-34)29-18-8-10-19(11-9-18)32-26-28-16-23(27)25(33-26)31-21-7-5-6-20(15-21)30-24(35)4-2/h4-11,15-16,22,29H,2-3,12-14,17H2,1H3,(H,30,35)(H2,28,31,32,33). The summed E-state index contributed by atoms with van der Waals surface area (Å²) < 4.78 is 14.4. The SMILES string of the molecule is C=CC(=O)Nc1cccc(Nc2nc(Nc3ccc(NC4CCN(CCC)C4)cc3)ncc2F)c1. The van der Waals surface area contributed by atoms with E-state index in [1.165, 1.54) is 12.5 Å². The van der Waals surface area contributed by atoms with Gasteiger partial charge in [-0.05, 0) is 67.9 Å². The first-order valence-electron chi connectivity index (χ1n) is 11.7. The Morgan fingerprint density at radius 3 is 2.69 bits per heavy atom. The molecule has 182 valence electrons. The Labute approximate surface area is 204 Å². The van der Waals surface area contributed by atoms with Crippen molar-refractivity contribution in [2.75, 3.05) is 40.9 Å². The number of likely N-dealkylation sites (tertiary alicyclic amines) is 1. The van der Waals surface area contributed by atoms with Crippen LogP contribution in [0.5, 0.6) is 0 Å². The third-order valence-electron chi connectivity index (χ3n) is 5.65. The molecule has 4 rings (SSSR count). The second-order valence-corrected chi connectivity index (χ2v) is 8.42. The van der Waals surface area contributed by atoms with Gasteiger partial charge < -0.3 is 26.2 Å². The lowest BCUT2D eigenvalue weighted by atomic mass is 10.2. The number of carbonyl (C=O) groups excluding carboxylic acids is 1. The van der Waals surface area contributed by atoms with Gasteiger partial charge in [-0.25, -0.2) is 9.37 Å². The first-order valence-corrected chi connectivity index (χ1v) is 11.7.